The molecule has 2 aromatic heterocycles. The van der Waals surface area contributed by atoms with Gasteiger partial charge in [-0.2, -0.15) is 5.10 Å². The molecule has 1 N–H and O–H groups in total. The Morgan fingerprint density at radius 3 is 2.63 bits per heavy atom. The molecule has 0 atom stereocenters. The summed E-state index contributed by atoms with van der Waals surface area (Å²) in [7, 11) is 1.88. The second-order valence-electron chi connectivity index (χ2n) is 4.26. The van der Waals surface area contributed by atoms with E-state index in [1.807, 2.05) is 38.2 Å². The Hall–Kier alpha value is -1.95. The molecule has 0 radical (unpaired) electrons. The number of hydrogen-bond donors (Lipinski definition) is 1. The number of nitrogens with one attached hydrogen (secondary N) is 1. The van der Waals surface area contributed by atoms with Crippen LogP contribution in [0.5, 0.6) is 0 Å². The highest BCUT2D eigenvalue weighted by atomic mass is 79.9. The minimum Gasteiger partial charge on any atom is -0.340 e. The van der Waals surface area contributed by atoms with Gasteiger partial charge in [-0.05, 0) is 31.2 Å². The Labute approximate surface area is 118 Å². The second-order valence-corrected chi connectivity index (χ2v) is 5.18. The molecule has 0 spiro atoms. The molecule has 0 unspecified atom stereocenters. The molecule has 0 saturated heterocycles. The van der Waals surface area contributed by atoms with Gasteiger partial charge in [0.1, 0.15) is 12.1 Å². The van der Waals surface area contributed by atoms with Crippen molar-refractivity contribution in [3.63, 3.8) is 0 Å². The predicted octanol–water partition coefficient (Wildman–Crippen LogP) is 3.18. The van der Waals surface area contributed by atoms with Gasteiger partial charge in [0, 0.05) is 17.2 Å². The van der Waals surface area contributed by atoms with Crippen molar-refractivity contribution in [2.75, 3.05) is 5.32 Å². The fourth-order valence-electron chi connectivity index (χ4n) is 2.04. The molecule has 5 nitrogen and oxygen atoms in total. The number of rotatable bonds is 2. The summed E-state index contributed by atoms with van der Waals surface area (Å²) < 4.78 is 2.81. The smallest absolute Gasteiger partial charge is 0.163 e. The summed E-state index contributed by atoms with van der Waals surface area (Å²) in [6.07, 6.45) is 1.55. The van der Waals surface area contributed by atoms with Gasteiger partial charge >= 0.3 is 0 Å². The van der Waals surface area contributed by atoms with Crippen molar-refractivity contribution >= 4 is 38.5 Å². The Morgan fingerprint density at radius 2 is 1.89 bits per heavy atom. The molecule has 0 amide bonds. The summed E-state index contributed by atoms with van der Waals surface area (Å²) >= 11 is 3.42. The van der Waals surface area contributed by atoms with E-state index in [1.54, 1.807) is 11.0 Å². The van der Waals surface area contributed by atoms with Crippen molar-refractivity contribution in [3.05, 3.63) is 40.8 Å². The predicted molar refractivity (Wildman–Crippen MR) is 78.5 cm³/mol. The van der Waals surface area contributed by atoms with E-state index in [0.29, 0.717) is 0 Å². The van der Waals surface area contributed by atoms with Crippen LogP contribution in [-0.2, 0) is 7.05 Å². The molecule has 19 heavy (non-hydrogen) atoms. The van der Waals surface area contributed by atoms with Gasteiger partial charge in [-0.1, -0.05) is 15.9 Å². The van der Waals surface area contributed by atoms with Gasteiger partial charge in [0.15, 0.2) is 5.65 Å². The third-order valence-corrected chi connectivity index (χ3v) is 3.43. The highest BCUT2D eigenvalue weighted by Gasteiger charge is 2.12. The first kappa shape index (κ1) is 12.1. The largest absolute Gasteiger partial charge is 0.340 e. The number of nitrogens with zero attached hydrogens (tertiary/aromatic N) is 4. The SMILES string of the molecule is Cc1nn(C)c2ncnc(Nc3ccc(Br)cc3)c12. The van der Waals surface area contributed by atoms with E-state index in [1.165, 1.54) is 0 Å². The van der Waals surface area contributed by atoms with E-state index in [0.717, 1.165) is 32.7 Å². The first-order chi connectivity index (χ1) is 9.15. The third-order valence-electron chi connectivity index (χ3n) is 2.90. The van der Waals surface area contributed by atoms with Crippen molar-refractivity contribution in [2.24, 2.45) is 7.05 Å². The van der Waals surface area contributed by atoms with Gasteiger partial charge in [0.25, 0.3) is 0 Å². The lowest BCUT2D eigenvalue weighted by Crippen LogP contribution is -1.97. The lowest BCUT2D eigenvalue weighted by molar-refractivity contribution is 0.773. The zero-order valence-electron chi connectivity index (χ0n) is 10.6. The number of halogens is 1. The summed E-state index contributed by atoms with van der Waals surface area (Å²) in [5, 5.41) is 8.63. The van der Waals surface area contributed by atoms with Gasteiger partial charge in [0.05, 0.1) is 11.1 Å². The van der Waals surface area contributed by atoms with E-state index in [2.05, 4.69) is 36.3 Å². The molecule has 3 rings (SSSR count). The molecule has 2 heterocycles. The van der Waals surface area contributed by atoms with Crippen LogP contribution in [0, 0.1) is 6.92 Å². The Balaban J connectivity index is 2.08. The molecule has 1 aromatic carbocycles. The third kappa shape index (κ3) is 2.19. The molecule has 3 aromatic rings. The van der Waals surface area contributed by atoms with E-state index in [9.17, 15) is 0 Å². The van der Waals surface area contributed by atoms with E-state index >= 15 is 0 Å². The van der Waals surface area contributed by atoms with Crippen LogP contribution >= 0.6 is 15.9 Å². The second kappa shape index (κ2) is 4.62. The maximum Gasteiger partial charge on any atom is 0.163 e. The Morgan fingerprint density at radius 1 is 1.16 bits per heavy atom. The van der Waals surface area contributed by atoms with Crippen molar-refractivity contribution in [1.82, 2.24) is 19.7 Å². The molecule has 0 saturated carbocycles. The number of aromatic nitrogens is 4. The highest BCUT2D eigenvalue weighted by molar-refractivity contribution is 9.10. The molecule has 0 aliphatic heterocycles. The van der Waals surface area contributed by atoms with Crippen LogP contribution < -0.4 is 5.32 Å². The molecular formula is C13H12BrN5. The number of aryl methyl sites for hydroxylation is 2. The quantitative estimate of drug-likeness (QED) is 0.788. The van der Waals surface area contributed by atoms with Crippen LogP contribution in [-0.4, -0.2) is 19.7 Å². The van der Waals surface area contributed by atoms with Crippen LogP contribution in [0.15, 0.2) is 35.1 Å². The minimum atomic E-state index is 0.776. The van der Waals surface area contributed by atoms with Crippen molar-refractivity contribution in [1.29, 1.82) is 0 Å². The fourth-order valence-corrected chi connectivity index (χ4v) is 2.31. The number of hydrogen-bond acceptors (Lipinski definition) is 4. The zero-order chi connectivity index (χ0) is 13.4. The first-order valence-electron chi connectivity index (χ1n) is 5.82. The van der Waals surface area contributed by atoms with Gasteiger partial charge in [0.2, 0.25) is 0 Å². The minimum absolute atomic E-state index is 0.776. The van der Waals surface area contributed by atoms with E-state index in [4.69, 9.17) is 0 Å². The number of fused-ring (bicyclic) bond motifs is 1. The lowest BCUT2D eigenvalue weighted by Gasteiger charge is -2.06. The van der Waals surface area contributed by atoms with Crippen LogP contribution in [0.2, 0.25) is 0 Å². The van der Waals surface area contributed by atoms with Crippen LogP contribution in [0.3, 0.4) is 0 Å². The summed E-state index contributed by atoms with van der Waals surface area (Å²) in [5.41, 5.74) is 2.72. The van der Waals surface area contributed by atoms with Gasteiger partial charge in [-0.3, -0.25) is 4.68 Å². The molecule has 0 fully saturated rings. The van der Waals surface area contributed by atoms with Crippen LogP contribution in [0.4, 0.5) is 11.5 Å². The van der Waals surface area contributed by atoms with E-state index < -0.39 is 0 Å². The van der Waals surface area contributed by atoms with Crippen LogP contribution in [0.1, 0.15) is 5.69 Å². The van der Waals surface area contributed by atoms with Crippen molar-refractivity contribution in [3.8, 4) is 0 Å². The van der Waals surface area contributed by atoms with Crippen molar-refractivity contribution in [2.45, 2.75) is 6.92 Å². The topological polar surface area (TPSA) is 55.6 Å². The first-order valence-corrected chi connectivity index (χ1v) is 6.61. The van der Waals surface area contributed by atoms with Gasteiger partial charge in [-0.15, -0.1) is 0 Å². The molecule has 0 bridgehead atoms. The average molecular weight is 318 g/mol. The summed E-state index contributed by atoms with van der Waals surface area (Å²) in [6.45, 7) is 1.96. The van der Waals surface area contributed by atoms with Gasteiger partial charge < -0.3 is 5.32 Å². The standard InChI is InChI=1S/C13H12BrN5/c1-8-11-12(15-7-16-13(11)19(2)18-8)17-10-5-3-9(14)4-6-10/h3-7H,1-2H3,(H,15,16,17). The van der Waals surface area contributed by atoms with Crippen molar-refractivity contribution < 1.29 is 0 Å². The normalized spacial score (nSPS) is 10.9. The molecule has 0 aliphatic rings. The molecular weight excluding hydrogens is 306 g/mol. The summed E-state index contributed by atoms with van der Waals surface area (Å²) in [4.78, 5) is 8.57. The lowest BCUT2D eigenvalue weighted by atomic mass is 10.2. The molecule has 6 heteroatoms. The molecule has 96 valence electrons. The molecule has 0 aliphatic carbocycles. The summed E-state index contributed by atoms with van der Waals surface area (Å²) in [5.74, 6) is 0.776. The number of benzene rings is 1. The van der Waals surface area contributed by atoms with E-state index in [-0.39, 0.29) is 0 Å². The van der Waals surface area contributed by atoms with Crippen LogP contribution in [0.25, 0.3) is 11.0 Å². The zero-order valence-corrected chi connectivity index (χ0v) is 12.1. The maximum absolute atomic E-state index is 4.37. The van der Waals surface area contributed by atoms with Gasteiger partial charge in [-0.25, -0.2) is 9.97 Å². The fraction of sp³-hybridized carbons (Fsp3) is 0.154. The Kier molecular flexibility index (Phi) is 2.94. The monoisotopic (exact) mass is 317 g/mol. The number of anilines is 2. The summed E-state index contributed by atoms with van der Waals surface area (Å²) in [6, 6.07) is 7.95. The Bertz CT molecular complexity index is 733. The highest BCUT2D eigenvalue weighted by Crippen LogP contribution is 2.25. The maximum atomic E-state index is 4.37. The average Bonchev–Trinajstić information content (AvgIpc) is 2.69.